The van der Waals surface area contributed by atoms with Crippen LogP contribution in [0.2, 0.25) is 0 Å². The van der Waals surface area contributed by atoms with Crippen molar-refractivity contribution in [1.29, 1.82) is 0 Å². The van der Waals surface area contributed by atoms with Crippen LogP contribution in [-0.4, -0.2) is 30.2 Å². The molecule has 2 saturated heterocycles. The first-order valence-electron chi connectivity index (χ1n) is 8.27. The molecule has 2 bridgehead atoms. The van der Waals surface area contributed by atoms with E-state index in [1.165, 1.54) is 51.9 Å². The van der Waals surface area contributed by atoms with Gasteiger partial charge in [-0.15, -0.1) is 22.7 Å². The summed E-state index contributed by atoms with van der Waals surface area (Å²) in [4.78, 5) is 2.84. The summed E-state index contributed by atoms with van der Waals surface area (Å²) >= 11 is 3.74. The Labute approximate surface area is 158 Å². The fraction of sp³-hybridized carbons (Fsp3) is 0.474. The van der Waals surface area contributed by atoms with E-state index in [0.717, 1.165) is 6.04 Å². The van der Waals surface area contributed by atoms with Crippen molar-refractivity contribution in [2.75, 3.05) is 14.1 Å². The smallest absolute Gasteiger partial charge is 0.119 e. The van der Waals surface area contributed by atoms with Crippen LogP contribution in [0.3, 0.4) is 0 Å². The molecule has 2 aromatic heterocycles. The van der Waals surface area contributed by atoms with Crippen molar-refractivity contribution in [3.05, 3.63) is 50.9 Å². The first kappa shape index (κ1) is 17.4. The SMILES string of the molecule is C[N+]1(C)C2CCCC1(C=C(c1cccs1)c1cccs1)CC2.[Br-]. The molecule has 1 nitrogen and oxygen atoms in total. The summed E-state index contributed by atoms with van der Waals surface area (Å²) < 4.78 is 1.19. The topological polar surface area (TPSA) is 0 Å². The lowest BCUT2D eigenvalue weighted by molar-refractivity contribution is -0.948. The molecule has 2 aromatic rings. The summed E-state index contributed by atoms with van der Waals surface area (Å²) in [7, 11) is 4.93. The molecule has 4 rings (SSSR count). The predicted octanol–water partition coefficient (Wildman–Crippen LogP) is 2.41. The lowest BCUT2D eigenvalue weighted by Crippen LogP contribution is -3.00. The maximum atomic E-state index is 2.66. The summed E-state index contributed by atoms with van der Waals surface area (Å²) in [6, 6.07) is 9.77. The molecule has 0 aromatic carbocycles. The van der Waals surface area contributed by atoms with Crippen molar-refractivity contribution in [3.8, 4) is 0 Å². The van der Waals surface area contributed by atoms with Gasteiger partial charge in [-0.25, -0.2) is 0 Å². The lowest BCUT2D eigenvalue weighted by Gasteiger charge is -2.49. The van der Waals surface area contributed by atoms with E-state index in [1.807, 2.05) is 22.7 Å². The Morgan fingerprint density at radius 3 is 2.30 bits per heavy atom. The van der Waals surface area contributed by atoms with E-state index < -0.39 is 0 Å². The third-order valence-corrected chi connectivity index (χ3v) is 7.91. The number of thiophene rings is 2. The van der Waals surface area contributed by atoms with E-state index in [4.69, 9.17) is 0 Å². The minimum atomic E-state index is 0. The summed E-state index contributed by atoms with van der Waals surface area (Å²) in [6.07, 6.45) is 9.55. The standard InChI is InChI=1S/C19H24NS2.BrH/c1-20(2)15-6-3-10-19(20,11-9-15)14-16(17-7-4-12-21-17)18-8-5-13-22-18;/h4-5,7-8,12-15H,3,6,9-11H2,1-2H3;1H/q+1;/p-1. The van der Waals surface area contributed by atoms with E-state index in [1.54, 1.807) is 0 Å². The molecule has 2 aliphatic rings. The van der Waals surface area contributed by atoms with Gasteiger partial charge in [-0.1, -0.05) is 12.1 Å². The molecule has 0 spiro atoms. The molecule has 0 radical (unpaired) electrons. The second kappa shape index (κ2) is 6.47. The molecule has 23 heavy (non-hydrogen) atoms. The van der Waals surface area contributed by atoms with Crippen molar-refractivity contribution in [1.82, 2.24) is 0 Å². The second-order valence-corrected chi connectivity index (χ2v) is 9.14. The highest BCUT2D eigenvalue weighted by Gasteiger charge is 2.56. The number of quaternary nitrogens is 1. The molecule has 4 heteroatoms. The Kier molecular flexibility index (Phi) is 4.90. The normalized spacial score (nSPS) is 28.2. The molecule has 2 aliphatic heterocycles. The zero-order chi connectivity index (χ0) is 15.2. The number of rotatable bonds is 3. The summed E-state index contributed by atoms with van der Waals surface area (Å²) in [5.74, 6) is 0. The van der Waals surface area contributed by atoms with Crippen LogP contribution in [0.25, 0.3) is 5.57 Å². The quantitative estimate of drug-likeness (QED) is 0.682. The maximum Gasteiger partial charge on any atom is 0.119 e. The van der Waals surface area contributed by atoms with Crippen molar-refractivity contribution >= 4 is 28.2 Å². The number of hydrogen-bond acceptors (Lipinski definition) is 2. The molecule has 2 atom stereocenters. The van der Waals surface area contributed by atoms with E-state index in [9.17, 15) is 0 Å². The molecule has 2 fully saturated rings. The number of piperidine rings is 1. The first-order chi connectivity index (χ1) is 10.6. The zero-order valence-corrected chi connectivity index (χ0v) is 17.0. The molecule has 0 saturated carbocycles. The molecule has 2 unspecified atom stereocenters. The molecule has 0 aliphatic carbocycles. The monoisotopic (exact) mass is 409 g/mol. The van der Waals surface area contributed by atoms with Crippen LogP contribution in [0.1, 0.15) is 41.9 Å². The molecule has 0 amide bonds. The Hall–Kier alpha value is -0.420. The zero-order valence-electron chi connectivity index (χ0n) is 13.8. The van der Waals surface area contributed by atoms with Crippen LogP contribution >= 0.6 is 22.7 Å². The Morgan fingerprint density at radius 2 is 1.74 bits per heavy atom. The van der Waals surface area contributed by atoms with Gasteiger partial charge in [-0.05, 0) is 41.8 Å². The van der Waals surface area contributed by atoms with Crippen LogP contribution in [0.4, 0.5) is 0 Å². The number of fused-ring (bicyclic) bond motifs is 2. The molecule has 0 N–H and O–H groups in total. The average Bonchev–Trinajstić information content (AvgIpc) is 3.19. The van der Waals surface area contributed by atoms with Gasteiger partial charge in [0.05, 0.1) is 20.1 Å². The number of nitrogens with zero attached hydrogens (tertiary/aromatic N) is 1. The fourth-order valence-corrected chi connectivity index (χ4v) is 6.20. The Balaban J connectivity index is 0.00000156. The van der Waals surface area contributed by atoms with Gasteiger partial charge in [-0.2, -0.15) is 0 Å². The lowest BCUT2D eigenvalue weighted by atomic mass is 9.84. The van der Waals surface area contributed by atoms with Crippen LogP contribution in [0.5, 0.6) is 0 Å². The highest BCUT2D eigenvalue weighted by Crippen LogP contribution is 2.50. The highest BCUT2D eigenvalue weighted by atomic mass is 79.9. The molecule has 124 valence electrons. The van der Waals surface area contributed by atoms with Gasteiger partial charge >= 0.3 is 0 Å². The van der Waals surface area contributed by atoms with Crippen LogP contribution in [0.15, 0.2) is 41.1 Å². The summed E-state index contributed by atoms with van der Waals surface area (Å²) in [5.41, 5.74) is 1.81. The van der Waals surface area contributed by atoms with Crippen LogP contribution in [0, 0.1) is 0 Å². The average molecular weight is 410 g/mol. The van der Waals surface area contributed by atoms with Gasteiger partial charge in [-0.3, -0.25) is 0 Å². The third-order valence-electron chi connectivity index (χ3n) is 6.10. The van der Waals surface area contributed by atoms with E-state index >= 15 is 0 Å². The van der Waals surface area contributed by atoms with Gasteiger partial charge in [0.25, 0.3) is 0 Å². The summed E-state index contributed by atoms with van der Waals surface area (Å²) in [5, 5.41) is 4.40. The van der Waals surface area contributed by atoms with Crippen molar-refractivity contribution in [3.63, 3.8) is 0 Å². The number of hydrogen-bond donors (Lipinski definition) is 0. The highest BCUT2D eigenvalue weighted by molar-refractivity contribution is 7.13. The second-order valence-electron chi connectivity index (χ2n) is 7.24. The van der Waals surface area contributed by atoms with Crippen LogP contribution in [-0.2, 0) is 0 Å². The number of halogens is 1. The van der Waals surface area contributed by atoms with Crippen molar-refractivity contribution < 1.29 is 21.5 Å². The summed E-state index contributed by atoms with van der Waals surface area (Å²) in [6.45, 7) is 0. The van der Waals surface area contributed by atoms with Crippen molar-refractivity contribution in [2.45, 2.75) is 43.7 Å². The molecule has 4 heterocycles. The van der Waals surface area contributed by atoms with Gasteiger partial charge in [0, 0.05) is 34.6 Å². The fourth-order valence-electron chi connectivity index (χ4n) is 4.62. The Bertz CT molecular complexity index is 632. The van der Waals surface area contributed by atoms with Gasteiger partial charge in [0.2, 0.25) is 0 Å². The molecular weight excluding hydrogens is 386 g/mol. The minimum absolute atomic E-state index is 0. The van der Waals surface area contributed by atoms with Gasteiger partial charge in [0.15, 0.2) is 0 Å². The maximum absolute atomic E-state index is 2.66. The molecular formula is C19H24BrNS2. The van der Waals surface area contributed by atoms with Gasteiger partial charge in [0.1, 0.15) is 5.54 Å². The van der Waals surface area contributed by atoms with Gasteiger partial charge < -0.3 is 21.5 Å². The van der Waals surface area contributed by atoms with Crippen molar-refractivity contribution in [2.24, 2.45) is 0 Å². The van der Waals surface area contributed by atoms with E-state index in [2.05, 4.69) is 55.2 Å². The predicted molar refractivity (Wildman–Crippen MR) is 97.4 cm³/mol. The Morgan fingerprint density at radius 1 is 1.09 bits per heavy atom. The number of likely N-dealkylation sites (N-methyl/N-ethyl adjacent to an activating group) is 1. The van der Waals surface area contributed by atoms with E-state index in [-0.39, 0.29) is 17.0 Å². The van der Waals surface area contributed by atoms with E-state index in [0.29, 0.717) is 5.54 Å². The third kappa shape index (κ3) is 2.78. The first-order valence-corrected chi connectivity index (χ1v) is 10.0. The van der Waals surface area contributed by atoms with Crippen LogP contribution < -0.4 is 17.0 Å². The minimum Gasteiger partial charge on any atom is -1.00 e. The largest absolute Gasteiger partial charge is 1.00 e.